The van der Waals surface area contributed by atoms with Gasteiger partial charge in [-0.05, 0) is 44.0 Å². The van der Waals surface area contributed by atoms with Crippen LogP contribution in [0.25, 0.3) is 10.9 Å². The molecule has 1 saturated carbocycles. The summed E-state index contributed by atoms with van der Waals surface area (Å²) in [6.45, 7) is 1.84. The van der Waals surface area contributed by atoms with Crippen molar-refractivity contribution < 1.29 is 9.53 Å². The molecule has 1 aliphatic carbocycles. The van der Waals surface area contributed by atoms with Crippen molar-refractivity contribution in [3.8, 4) is 5.75 Å². The van der Waals surface area contributed by atoms with E-state index >= 15 is 0 Å². The average Bonchev–Trinajstić information content (AvgIpc) is 2.80. The van der Waals surface area contributed by atoms with Gasteiger partial charge in [0.2, 0.25) is 5.91 Å². The number of ether oxygens (including phenoxy) is 1. The maximum Gasteiger partial charge on any atom is 0.262 e. The molecular formula is C24H27N3O3S. The lowest BCUT2D eigenvalue weighted by Crippen LogP contribution is -2.30. The van der Waals surface area contributed by atoms with Crippen molar-refractivity contribution in [1.82, 2.24) is 9.55 Å². The molecule has 0 aliphatic heterocycles. The van der Waals surface area contributed by atoms with Gasteiger partial charge in [-0.25, -0.2) is 4.98 Å². The molecule has 4 rings (SSSR count). The smallest absolute Gasteiger partial charge is 0.262 e. The zero-order chi connectivity index (χ0) is 21.8. The number of fused-ring (bicyclic) bond motifs is 1. The molecule has 1 amide bonds. The number of para-hydroxylation sites is 3. The van der Waals surface area contributed by atoms with E-state index < -0.39 is 5.25 Å². The van der Waals surface area contributed by atoms with E-state index in [4.69, 9.17) is 9.72 Å². The van der Waals surface area contributed by atoms with Gasteiger partial charge in [-0.2, -0.15) is 0 Å². The van der Waals surface area contributed by atoms with Crippen molar-refractivity contribution >= 4 is 34.3 Å². The van der Waals surface area contributed by atoms with Crippen LogP contribution in [0.4, 0.5) is 5.69 Å². The summed E-state index contributed by atoms with van der Waals surface area (Å²) in [6, 6.07) is 14.9. The second-order valence-corrected chi connectivity index (χ2v) is 9.14. The minimum Gasteiger partial charge on any atom is -0.495 e. The number of aromatic nitrogens is 2. The molecule has 0 spiro atoms. The van der Waals surface area contributed by atoms with Crippen molar-refractivity contribution in [3.05, 3.63) is 58.9 Å². The van der Waals surface area contributed by atoms with E-state index in [-0.39, 0.29) is 17.5 Å². The Kier molecular flexibility index (Phi) is 6.61. The van der Waals surface area contributed by atoms with E-state index in [2.05, 4.69) is 5.32 Å². The molecule has 1 aromatic heterocycles. The summed E-state index contributed by atoms with van der Waals surface area (Å²) < 4.78 is 7.16. The Labute approximate surface area is 186 Å². The van der Waals surface area contributed by atoms with Crippen molar-refractivity contribution in [2.24, 2.45) is 0 Å². The third-order valence-corrected chi connectivity index (χ3v) is 6.80. The van der Waals surface area contributed by atoms with E-state index in [1.165, 1.54) is 18.2 Å². The van der Waals surface area contributed by atoms with E-state index in [1.807, 2.05) is 47.9 Å². The summed E-state index contributed by atoms with van der Waals surface area (Å²) in [5.74, 6) is 0.447. The first-order chi connectivity index (χ1) is 15.1. The number of carbonyl (C=O) groups is 1. The van der Waals surface area contributed by atoms with Gasteiger partial charge >= 0.3 is 0 Å². The SMILES string of the molecule is COc1ccccc1NC(=O)C(C)Sc1nc2ccccc2c(=O)n1C1CCCCC1. The minimum atomic E-state index is -0.437. The van der Waals surface area contributed by atoms with Gasteiger partial charge in [-0.1, -0.05) is 55.3 Å². The van der Waals surface area contributed by atoms with Crippen molar-refractivity contribution in [2.75, 3.05) is 12.4 Å². The van der Waals surface area contributed by atoms with Crippen molar-refractivity contribution in [2.45, 2.75) is 55.5 Å². The van der Waals surface area contributed by atoms with E-state index in [0.29, 0.717) is 27.5 Å². The Hall–Kier alpha value is -2.80. The fraction of sp³-hybridized carbons (Fsp3) is 0.375. The highest BCUT2D eigenvalue weighted by Crippen LogP contribution is 2.33. The number of methoxy groups -OCH3 is 1. The lowest BCUT2D eigenvalue weighted by molar-refractivity contribution is -0.115. The number of nitrogens with zero attached hydrogens (tertiary/aromatic N) is 2. The highest BCUT2D eigenvalue weighted by Gasteiger charge is 2.25. The normalized spacial score (nSPS) is 15.5. The van der Waals surface area contributed by atoms with Gasteiger partial charge in [0.1, 0.15) is 5.75 Å². The molecule has 0 saturated heterocycles. The third-order valence-electron chi connectivity index (χ3n) is 5.73. The van der Waals surface area contributed by atoms with Crippen LogP contribution in [-0.4, -0.2) is 27.8 Å². The molecule has 1 unspecified atom stereocenters. The van der Waals surface area contributed by atoms with Crippen LogP contribution in [-0.2, 0) is 4.79 Å². The molecule has 31 heavy (non-hydrogen) atoms. The first kappa shape index (κ1) is 21.4. The number of nitrogens with one attached hydrogen (secondary N) is 1. The molecule has 1 fully saturated rings. The Bertz CT molecular complexity index is 1140. The zero-order valence-corrected chi connectivity index (χ0v) is 18.7. The average molecular weight is 438 g/mol. The Morgan fingerprint density at radius 1 is 1.13 bits per heavy atom. The monoisotopic (exact) mass is 437 g/mol. The van der Waals surface area contributed by atoms with Crippen LogP contribution in [0.5, 0.6) is 5.75 Å². The van der Waals surface area contributed by atoms with E-state index in [0.717, 1.165) is 25.7 Å². The predicted octanol–water partition coefficient (Wildman–Crippen LogP) is 5.03. The first-order valence-electron chi connectivity index (χ1n) is 10.7. The topological polar surface area (TPSA) is 73.2 Å². The largest absolute Gasteiger partial charge is 0.495 e. The maximum absolute atomic E-state index is 13.4. The Morgan fingerprint density at radius 2 is 1.84 bits per heavy atom. The van der Waals surface area contributed by atoms with Crippen LogP contribution < -0.4 is 15.6 Å². The third kappa shape index (κ3) is 4.61. The molecule has 0 radical (unpaired) electrons. The van der Waals surface area contributed by atoms with Crippen molar-refractivity contribution in [3.63, 3.8) is 0 Å². The van der Waals surface area contributed by atoms with Crippen LogP contribution in [0.2, 0.25) is 0 Å². The Morgan fingerprint density at radius 3 is 2.61 bits per heavy atom. The second-order valence-electron chi connectivity index (χ2n) is 7.83. The molecular weight excluding hydrogens is 410 g/mol. The summed E-state index contributed by atoms with van der Waals surface area (Å²) in [6.07, 6.45) is 5.35. The maximum atomic E-state index is 13.4. The highest BCUT2D eigenvalue weighted by atomic mass is 32.2. The standard InChI is InChI=1S/C24H27N3O3S/c1-16(22(28)25-20-14-8-9-15-21(20)30-2)31-24-26-19-13-7-6-12-18(19)23(29)27(24)17-10-4-3-5-11-17/h6-9,12-17H,3-5,10-11H2,1-2H3,(H,25,28). The first-order valence-corrected chi connectivity index (χ1v) is 11.6. The van der Waals surface area contributed by atoms with Crippen LogP contribution in [0, 0.1) is 0 Å². The van der Waals surface area contributed by atoms with Gasteiger partial charge in [-0.3, -0.25) is 14.2 Å². The molecule has 1 N–H and O–H groups in total. The second kappa shape index (κ2) is 9.56. The van der Waals surface area contributed by atoms with E-state index in [9.17, 15) is 9.59 Å². The number of amides is 1. The Balaban J connectivity index is 1.65. The van der Waals surface area contributed by atoms with Crippen LogP contribution in [0.15, 0.2) is 58.5 Å². The fourth-order valence-electron chi connectivity index (χ4n) is 4.06. The summed E-state index contributed by atoms with van der Waals surface area (Å²) >= 11 is 1.33. The summed E-state index contributed by atoms with van der Waals surface area (Å²) in [5.41, 5.74) is 1.27. The van der Waals surface area contributed by atoms with Gasteiger partial charge in [0.25, 0.3) is 5.56 Å². The molecule has 1 aliphatic rings. The van der Waals surface area contributed by atoms with Gasteiger partial charge in [0, 0.05) is 6.04 Å². The molecule has 1 atom stereocenters. The number of rotatable bonds is 6. The summed E-state index contributed by atoms with van der Waals surface area (Å²) in [4.78, 5) is 31.1. The van der Waals surface area contributed by atoms with Gasteiger partial charge < -0.3 is 10.1 Å². The lowest BCUT2D eigenvalue weighted by Gasteiger charge is -2.26. The summed E-state index contributed by atoms with van der Waals surface area (Å²) in [7, 11) is 1.57. The molecule has 0 bridgehead atoms. The lowest BCUT2D eigenvalue weighted by atomic mass is 9.95. The number of anilines is 1. The number of hydrogen-bond donors (Lipinski definition) is 1. The number of thioether (sulfide) groups is 1. The molecule has 3 aromatic rings. The number of hydrogen-bond acceptors (Lipinski definition) is 5. The van der Waals surface area contributed by atoms with Crippen molar-refractivity contribution in [1.29, 1.82) is 0 Å². The number of benzene rings is 2. The molecule has 2 aromatic carbocycles. The predicted molar refractivity (Wildman–Crippen MR) is 125 cm³/mol. The fourth-order valence-corrected chi connectivity index (χ4v) is 5.04. The van der Waals surface area contributed by atoms with E-state index in [1.54, 1.807) is 19.2 Å². The van der Waals surface area contributed by atoms with Gasteiger partial charge in [0.15, 0.2) is 5.16 Å². The highest BCUT2D eigenvalue weighted by molar-refractivity contribution is 8.00. The van der Waals surface area contributed by atoms with Gasteiger partial charge in [-0.15, -0.1) is 0 Å². The van der Waals surface area contributed by atoms with Gasteiger partial charge in [0.05, 0.1) is 29.0 Å². The molecule has 1 heterocycles. The molecule has 162 valence electrons. The molecule has 7 heteroatoms. The molecule has 6 nitrogen and oxygen atoms in total. The van der Waals surface area contributed by atoms with Crippen LogP contribution >= 0.6 is 11.8 Å². The van der Waals surface area contributed by atoms with Crippen LogP contribution in [0.1, 0.15) is 45.1 Å². The van der Waals surface area contributed by atoms with Crippen LogP contribution in [0.3, 0.4) is 0 Å². The minimum absolute atomic E-state index is 0.0164. The quantitative estimate of drug-likeness (QED) is 0.432. The zero-order valence-electron chi connectivity index (χ0n) is 17.8. The number of carbonyl (C=O) groups excluding carboxylic acids is 1. The summed E-state index contributed by atoms with van der Waals surface area (Å²) in [5, 5.41) is 3.73.